The molecule has 0 fully saturated rings. The average molecular weight is 206 g/mol. The molecule has 0 atom stereocenters. The Kier molecular flexibility index (Phi) is 2.37. The van der Waals surface area contributed by atoms with Gasteiger partial charge in [-0.15, -0.1) is 0 Å². The molecule has 0 aromatic heterocycles. The van der Waals surface area contributed by atoms with Crippen LogP contribution in [-0.4, -0.2) is 16.2 Å². The number of phenols is 1. The summed E-state index contributed by atoms with van der Waals surface area (Å²) in [4.78, 5) is 10.4. The van der Waals surface area contributed by atoms with E-state index < -0.39 is 29.0 Å². The molecular formula is C8H5F3O3. The summed E-state index contributed by atoms with van der Waals surface area (Å²) in [6, 6.07) is 2.61. The van der Waals surface area contributed by atoms with Crippen molar-refractivity contribution in [2.75, 3.05) is 0 Å². The highest BCUT2D eigenvalue weighted by molar-refractivity contribution is 5.90. The standard InChI is InChI=1S/C8H5F3O3/c9-8(10,11)6-4(7(13)14)2-1-3-5(6)12/h1-3,12H,(H,13,14). The van der Waals surface area contributed by atoms with Crippen LogP contribution in [0, 0.1) is 0 Å². The van der Waals surface area contributed by atoms with E-state index in [1.54, 1.807) is 0 Å². The van der Waals surface area contributed by atoms with Crippen LogP contribution in [0.2, 0.25) is 0 Å². The third-order valence-electron chi connectivity index (χ3n) is 1.56. The van der Waals surface area contributed by atoms with Crippen LogP contribution in [-0.2, 0) is 6.18 Å². The first-order valence-electron chi connectivity index (χ1n) is 3.46. The normalized spacial score (nSPS) is 11.4. The summed E-state index contributed by atoms with van der Waals surface area (Å²) in [7, 11) is 0. The maximum absolute atomic E-state index is 12.2. The maximum atomic E-state index is 12.2. The molecule has 0 heterocycles. The van der Waals surface area contributed by atoms with Gasteiger partial charge in [0.2, 0.25) is 0 Å². The zero-order chi connectivity index (χ0) is 10.9. The lowest BCUT2D eigenvalue weighted by Crippen LogP contribution is -2.12. The van der Waals surface area contributed by atoms with Gasteiger partial charge in [0.1, 0.15) is 11.3 Å². The van der Waals surface area contributed by atoms with E-state index >= 15 is 0 Å². The van der Waals surface area contributed by atoms with Gasteiger partial charge in [-0.3, -0.25) is 0 Å². The molecule has 0 bridgehead atoms. The molecule has 76 valence electrons. The number of aromatic carboxylic acids is 1. The van der Waals surface area contributed by atoms with Gasteiger partial charge >= 0.3 is 12.1 Å². The number of hydrogen-bond donors (Lipinski definition) is 2. The Bertz CT molecular complexity index is 371. The molecule has 14 heavy (non-hydrogen) atoms. The third-order valence-corrected chi connectivity index (χ3v) is 1.56. The molecule has 0 aliphatic rings. The molecule has 0 saturated heterocycles. The van der Waals surface area contributed by atoms with Crippen molar-refractivity contribution in [2.45, 2.75) is 6.18 Å². The number of alkyl halides is 3. The Hall–Kier alpha value is -1.72. The molecule has 0 saturated carbocycles. The fourth-order valence-electron chi connectivity index (χ4n) is 1.02. The minimum absolute atomic E-state index is 0.783. The zero-order valence-electron chi connectivity index (χ0n) is 6.67. The Labute approximate surface area is 76.4 Å². The van der Waals surface area contributed by atoms with Gasteiger partial charge in [-0.1, -0.05) is 6.07 Å². The first-order valence-corrected chi connectivity index (χ1v) is 3.46. The minimum atomic E-state index is -4.88. The summed E-state index contributed by atoms with van der Waals surface area (Å²) in [5.41, 5.74) is -2.48. The molecule has 3 nitrogen and oxygen atoms in total. The molecular weight excluding hydrogens is 201 g/mol. The van der Waals surface area contributed by atoms with Gasteiger partial charge in [0, 0.05) is 0 Å². The summed E-state index contributed by atoms with van der Waals surface area (Å²) in [5.74, 6) is -2.81. The van der Waals surface area contributed by atoms with Crippen molar-refractivity contribution < 1.29 is 28.2 Å². The number of carboxylic acid groups (broad SMARTS) is 1. The molecule has 1 rings (SSSR count). The largest absolute Gasteiger partial charge is 0.507 e. The van der Waals surface area contributed by atoms with Gasteiger partial charge in [-0.2, -0.15) is 13.2 Å². The van der Waals surface area contributed by atoms with Crippen LogP contribution in [0.5, 0.6) is 5.75 Å². The first-order chi connectivity index (χ1) is 6.34. The van der Waals surface area contributed by atoms with E-state index in [4.69, 9.17) is 10.2 Å². The summed E-state index contributed by atoms with van der Waals surface area (Å²) >= 11 is 0. The highest BCUT2D eigenvalue weighted by Crippen LogP contribution is 2.37. The molecule has 0 aliphatic heterocycles. The van der Waals surface area contributed by atoms with Gasteiger partial charge < -0.3 is 10.2 Å². The minimum Gasteiger partial charge on any atom is -0.507 e. The molecule has 0 aliphatic carbocycles. The molecule has 0 spiro atoms. The molecule has 6 heteroatoms. The zero-order valence-corrected chi connectivity index (χ0v) is 6.67. The van der Waals surface area contributed by atoms with Gasteiger partial charge in [0.25, 0.3) is 0 Å². The predicted octanol–water partition coefficient (Wildman–Crippen LogP) is 2.11. The Balaban J connectivity index is 3.45. The third kappa shape index (κ3) is 1.78. The fourth-order valence-corrected chi connectivity index (χ4v) is 1.02. The number of hydrogen-bond acceptors (Lipinski definition) is 2. The number of phenolic OH excluding ortho intramolecular Hbond substituents is 1. The van der Waals surface area contributed by atoms with E-state index in [9.17, 15) is 18.0 Å². The molecule has 0 radical (unpaired) electrons. The van der Waals surface area contributed by atoms with Crippen LogP contribution in [0.15, 0.2) is 18.2 Å². The van der Waals surface area contributed by atoms with Crippen molar-refractivity contribution in [1.82, 2.24) is 0 Å². The second kappa shape index (κ2) is 3.21. The predicted molar refractivity (Wildman–Crippen MR) is 40.1 cm³/mol. The maximum Gasteiger partial charge on any atom is 0.420 e. The number of carbonyl (C=O) groups is 1. The lowest BCUT2D eigenvalue weighted by molar-refractivity contribution is -0.139. The van der Waals surface area contributed by atoms with E-state index in [1.165, 1.54) is 0 Å². The van der Waals surface area contributed by atoms with Crippen LogP contribution in [0.1, 0.15) is 15.9 Å². The van der Waals surface area contributed by atoms with E-state index in [1.807, 2.05) is 0 Å². The second-order valence-corrected chi connectivity index (χ2v) is 2.50. The summed E-state index contributed by atoms with van der Waals surface area (Å²) in [5, 5.41) is 17.3. The average Bonchev–Trinajstić information content (AvgIpc) is 2.01. The van der Waals surface area contributed by atoms with Crippen molar-refractivity contribution in [3.63, 3.8) is 0 Å². The number of carboxylic acids is 1. The van der Waals surface area contributed by atoms with Crippen LogP contribution >= 0.6 is 0 Å². The van der Waals surface area contributed by atoms with Crippen molar-refractivity contribution in [3.8, 4) is 5.75 Å². The highest BCUT2D eigenvalue weighted by Gasteiger charge is 2.38. The summed E-state index contributed by atoms with van der Waals surface area (Å²) < 4.78 is 36.7. The second-order valence-electron chi connectivity index (χ2n) is 2.50. The molecule has 1 aromatic rings. The lowest BCUT2D eigenvalue weighted by atomic mass is 10.1. The first kappa shape index (κ1) is 10.4. The van der Waals surface area contributed by atoms with Crippen molar-refractivity contribution >= 4 is 5.97 Å². The van der Waals surface area contributed by atoms with Crippen molar-refractivity contribution in [2.24, 2.45) is 0 Å². The molecule has 1 aromatic carbocycles. The lowest BCUT2D eigenvalue weighted by Gasteiger charge is -2.11. The number of halogens is 3. The van der Waals surface area contributed by atoms with Crippen LogP contribution in [0.4, 0.5) is 13.2 Å². The van der Waals surface area contributed by atoms with Gasteiger partial charge in [0.15, 0.2) is 0 Å². The number of benzene rings is 1. The van der Waals surface area contributed by atoms with E-state index in [0.717, 1.165) is 18.2 Å². The van der Waals surface area contributed by atoms with E-state index in [-0.39, 0.29) is 0 Å². The summed E-state index contributed by atoms with van der Waals surface area (Å²) in [6.45, 7) is 0. The van der Waals surface area contributed by atoms with Crippen molar-refractivity contribution in [3.05, 3.63) is 29.3 Å². The topological polar surface area (TPSA) is 57.5 Å². The highest BCUT2D eigenvalue weighted by atomic mass is 19.4. The van der Waals surface area contributed by atoms with Crippen molar-refractivity contribution in [1.29, 1.82) is 0 Å². The summed E-state index contributed by atoms with van der Waals surface area (Å²) in [6.07, 6.45) is -4.88. The van der Waals surface area contributed by atoms with E-state index in [2.05, 4.69) is 0 Å². The number of aromatic hydroxyl groups is 1. The molecule has 2 N–H and O–H groups in total. The van der Waals surface area contributed by atoms with Gasteiger partial charge in [-0.25, -0.2) is 4.79 Å². The molecule has 0 unspecified atom stereocenters. The van der Waals surface area contributed by atoms with Crippen LogP contribution < -0.4 is 0 Å². The number of rotatable bonds is 1. The van der Waals surface area contributed by atoms with E-state index in [0.29, 0.717) is 0 Å². The molecule has 0 amide bonds. The quantitative estimate of drug-likeness (QED) is 0.739. The monoisotopic (exact) mass is 206 g/mol. The Morgan fingerprint density at radius 2 is 1.86 bits per heavy atom. The Morgan fingerprint density at radius 1 is 1.29 bits per heavy atom. The SMILES string of the molecule is O=C(O)c1cccc(O)c1C(F)(F)F. The van der Waals surface area contributed by atoms with Crippen LogP contribution in [0.3, 0.4) is 0 Å². The Morgan fingerprint density at radius 3 is 2.21 bits per heavy atom. The van der Waals surface area contributed by atoms with Gasteiger partial charge in [-0.05, 0) is 12.1 Å². The van der Waals surface area contributed by atoms with Gasteiger partial charge in [0.05, 0.1) is 5.56 Å². The fraction of sp³-hybridized carbons (Fsp3) is 0.125. The smallest absolute Gasteiger partial charge is 0.420 e. The van der Waals surface area contributed by atoms with Crippen LogP contribution in [0.25, 0.3) is 0 Å².